The summed E-state index contributed by atoms with van der Waals surface area (Å²) >= 11 is 0. The lowest BCUT2D eigenvalue weighted by Crippen LogP contribution is -2.23. The molecule has 39 heavy (non-hydrogen) atoms. The van der Waals surface area contributed by atoms with E-state index >= 15 is 0 Å². The van der Waals surface area contributed by atoms with E-state index in [4.69, 9.17) is 4.42 Å². The molecule has 1 atom stereocenters. The van der Waals surface area contributed by atoms with E-state index in [2.05, 4.69) is 26.9 Å². The van der Waals surface area contributed by atoms with Gasteiger partial charge in [-0.05, 0) is 67.4 Å². The third-order valence-electron chi connectivity index (χ3n) is 6.45. The number of rotatable bonds is 15. The Bertz CT molecular complexity index is 1390. The Morgan fingerprint density at radius 1 is 0.949 bits per heavy atom. The van der Waals surface area contributed by atoms with Crippen molar-refractivity contribution in [1.29, 1.82) is 0 Å². The minimum absolute atomic E-state index is 0.165. The van der Waals surface area contributed by atoms with Crippen molar-refractivity contribution in [2.24, 2.45) is 0 Å². The van der Waals surface area contributed by atoms with Crippen LogP contribution in [0.2, 0.25) is 0 Å². The number of pyridine rings is 1. The van der Waals surface area contributed by atoms with Gasteiger partial charge in [-0.25, -0.2) is 13.4 Å². The van der Waals surface area contributed by atoms with Crippen molar-refractivity contribution >= 4 is 15.7 Å². The third kappa shape index (κ3) is 8.48. The van der Waals surface area contributed by atoms with Crippen LogP contribution in [0.5, 0.6) is 0 Å². The van der Waals surface area contributed by atoms with E-state index in [1.165, 1.54) is 19.3 Å². The molecule has 206 valence electrons. The lowest BCUT2D eigenvalue weighted by Gasteiger charge is -2.12. The van der Waals surface area contributed by atoms with E-state index in [9.17, 15) is 13.5 Å². The van der Waals surface area contributed by atoms with Crippen molar-refractivity contribution in [3.05, 3.63) is 96.1 Å². The van der Waals surface area contributed by atoms with Crippen molar-refractivity contribution in [3.63, 3.8) is 0 Å². The average molecular weight is 549 g/mol. The van der Waals surface area contributed by atoms with Gasteiger partial charge < -0.3 is 14.8 Å². The molecule has 0 spiro atoms. The van der Waals surface area contributed by atoms with Crippen molar-refractivity contribution in [1.82, 2.24) is 15.3 Å². The highest BCUT2D eigenvalue weighted by Crippen LogP contribution is 2.23. The van der Waals surface area contributed by atoms with Crippen molar-refractivity contribution in [2.75, 3.05) is 17.8 Å². The molecule has 2 heterocycles. The molecule has 0 aliphatic carbocycles. The number of hydrogen-bond donors (Lipinski definition) is 3. The van der Waals surface area contributed by atoms with Gasteiger partial charge in [-0.2, -0.15) is 0 Å². The predicted octanol–water partition coefficient (Wildman–Crippen LogP) is 5.53. The van der Waals surface area contributed by atoms with Crippen LogP contribution in [0.1, 0.15) is 55.6 Å². The van der Waals surface area contributed by atoms with Crippen LogP contribution in [0.15, 0.2) is 88.6 Å². The monoisotopic (exact) mass is 548 g/mol. The Balaban J connectivity index is 1.26. The molecular formula is C30H36N4O4S. The molecule has 0 saturated heterocycles. The third-order valence-corrected chi connectivity index (χ3v) is 7.84. The largest absolute Gasteiger partial charge is 0.441 e. The highest BCUT2D eigenvalue weighted by atomic mass is 32.2. The molecule has 4 aromatic rings. The molecule has 3 N–H and O–H groups in total. The quantitative estimate of drug-likeness (QED) is 0.167. The van der Waals surface area contributed by atoms with Crippen molar-refractivity contribution in [2.45, 2.75) is 56.4 Å². The van der Waals surface area contributed by atoms with Gasteiger partial charge in [0.25, 0.3) is 10.0 Å². The summed E-state index contributed by atoms with van der Waals surface area (Å²) in [6.45, 7) is 3.29. The number of nitrogens with zero attached hydrogens (tertiary/aromatic N) is 2. The minimum Gasteiger partial charge on any atom is -0.441 e. The van der Waals surface area contributed by atoms with Gasteiger partial charge in [-0.3, -0.25) is 9.71 Å². The number of aliphatic hydroxyl groups is 1. The number of anilines is 1. The van der Waals surface area contributed by atoms with Gasteiger partial charge in [0.05, 0.1) is 17.2 Å². The van der Waals surface area contributed by atoms with Crippen LogP contribution in [0.3, 0.4) is 0 Å². The maximum Gasteiger partial charge on any atom is 0.261 e. The van der Waals surface area contributed by atoms with Gasteiger partial charge >= 0.3 is 0 Å². The number of hydrogen-bond acceptors (Lipinski definition) is 7. The predicted molar refractivity (Wildman–Crippen MR) is 153 cm³/mol. The van der Waals surface area contributed by atoms with Crippen molar-refractivity contribution < 1.29 is 17.9 Å². The lowest BCUT2D eigenvalue weighted by molar-refractivity contribution is 0.174. The summed E-state index contributed by atoms with van der Waals surface area (Å²) in [6.07, 6.45) is 10.7. The summed E-state index contributed by atoms with van der Waals surface area (Å²) in [5.41, 5.74) is 3.06. The summed E-state index contributed by atoms with van der Waals surface area (Å²) in [5, 5.41) is 13.4. The molecule has 0 amide bonds. The normalized spacial score (nSPS) is 12.4. The number of aryl methyl sites for hydroxylation is 1. The second kappa shape index (κ2) is 14.0. The van der Waals surface area contributed by atoms with Crippen LogP contribution in [-0.2, 0) is 22.9 Å². The number of benzene rings is 2. The van der Waals surface area contributed by atoms with E-state index in [0.29, 0.717) is 24.7 Å². The fraction of sp³-hybridized carbons (Fsp3) is 0.333. The summed E-state index contributed by atoms with van der Waals surface area (Å²) in [7, 11) is -3.74. The first-order valence-corrected chi connectivity index (χ1v) is 14.9. The second-order valence-electron chi connectivity index (χ2n) is 9.53. The van der Waals surface area contributed by atoms with Gasteiger partial charge in [0.15, 0.2) is 0 Å². The van der Waals surface area contributed by atoms with Crippen LogP contribution in [-0.4, -0.2) is 36.6 Å². The molecule has 0 aliphatic rings. The average Bonchev–Trinajstić information content (AvgIpc) is 3.44. The molecule has 0 bridgehead atoms. The molecule has 1 unspecified atom stereocenters. The highest BCUT2D eigenvalue weighted by molar-refractivity contribution is 7.92. The fourth-order valence-electron chi connectivity index (χ4n) is 4.18. The topological polar surface area (TPSA) is 117 Å². The van der Waals surface area contributed by atoms with Crippen LogP contribution in [0.25, 0.3) is 11.5 Å². The standard InChI is InChI=1S/C30H36N4O4S/c1-2-3-4-5-8-27-21-33-30(38-27)24-11-15-28(16-12-24)39(36,37)34-26-13-9-23(10-14-26)17-19-32-22-29(35)25-7-6-18-31-20-25/h6-7,9-16,18,20-21,29,32,34-35H,2-5,8,17,19,22H2,1H3. The Hall–Kier alpha value is -3.53. The zero-order valence-corrected chi connectivity index (χ0v) is 23.0. The molecule has 2 aromatic heterocycles. The first kappa shape index (κ1) is 28.5. The molecule has 8 nitrogen and oxygen atoms in total. The van der Waals surface area contributed by atoms with E-state index in [1.54, 1.807) is 61.1 Å². The maximum atomic E-state index is 12.9. The molecule has 0 fully saturated rings. The number of aromatic nitrogens is 2. The van der Waals surface area contributed by atoms with Crippen molar-refractivity contribution in [3.8, 4) is 11.5 Å². The van der Waals surface area contributed by atoms with E-state index in [1.807, 2.05) is 18.2 Å². The number of nitrogens with one attached hydrogen (secondary N) is 2. The SMILES string of the molecule is CCCCCCc1cnc(-c2ccc(S(=O)(=O)Nc3ccc(CCNCC(O)c4cccnc4)cc3)cc2)o1. The Morgan fingerprint density at radius 2 is 1.74 bits per heavy atom. The number of unbranched alkanes of at least 4 members (excludes halogenated alkanes) is 3. The zero-order chi connectivity index (χ0) is 27.5. The Morgan fingerprint density at radius 3 is 2.46 bits per heavy atom. The summed E-state index contributed by atoms with van der Waals surface area (Å²) in [4.78, 5) is 8.54. The van der Waals surface area contributed by atoms with Gasteiger partial charge in [-0.15, -0.1) is 0 Å². The smallest absolute Gasteiger partial charge is 0.261 e. The molecular weight excluding hydrogens is 512 g/mol. The van der Waals surface area contributed by atoms with E-state index in [0.717, 1.165) is 41.7 Å². The van der Waals surface area contributed by atoms with Crippen LogP contribution in [0, 0.1) is 0 Å². The number of aliphatic hydroxyl groups excluding tert-OH is 1. The van der Waals surface area contributed by atoms with Gasteiger partial charge in [0, 0.05) is 42.2 Å². The van der Waals surface area contributed by atoms with Crippen LogP contribution >= 0.6 is 0 Å². The summed E-state index contributed by atoms with van der Waals surface area (Å²) in [6, 6.07) is 17.5. The van der Waals surface area contributed by atoms with Gasteiger partial charge in [0.2, 0.25) is 5.89 Å². The number of sulfonamides is 1. The van der Waals surface area contributed by atoms with Gasteiger partial charge in [-0.1, -0.05) is 44.4 Å². The molecule has 0 aliphatic heterocycles. The Labute approximate surface area is 230 Å². The minimum atomic E-state index is -3.74. The zero-order valence-electron chi connectivity index (χ0n) is 22.2. The highest BCUT2D eigenvalue weighted by Gasteiger charge is 2.15. The first-order valence-electron chi connectivity index (χ1n) is 13.4. The summed E-state index contributed by atoms with van der Waals surface area (Å²) < 4.78 is 34.3. The summed E-state index contributed by atoms with van der Waals surface area (Å²) in [5.74, 6) is 1.34. The molecule has 0 radical (unpaired) electrons. The number of oxazole rings is 1. The van der Waals surface area contributed by atoms with Crippen LogP contribution < -0.4 is 10.0 Å². The van der Waals surface area contributed by atoms with Gasteiger partial charge in [0.1, 0.15) is 5.76 Å². The van der Waals surface area contributed by atoms with Crippen LogP contribution in [0.4, 0.5) is 5.69 Å². The molecule has 9 heteroatoms. The van der Waals surface area contributed by atoms with E-state index in [-0.39, 0.29) is 4.90 Å². The fourth-order valence-corrected chi connectivity index (χ4v) is 5.23. The van der Waals surface area contributed by atoms with E-state index < -0.39 is 16.1 Å². The molecule has 4 rings (SSSR count). The lowest BCUT2D eigenvalue weighted by atomic mass is 10.1. The molecule has 2 aromatic carbocycles. The first-order chi connectivity index (χ1) is 18.9. The second-order valence-corrected chi connectivity index (χ2v) is 11.2. The Kier molecular flexibility index (Phi) is 10.2. The molecule has 0 saturated carbocycles. The maximum absolute atomic E-state index is 12.9.